The molecule has 0 aromatic carbocycles. The minimum absolute atomic E-state index is 0.251. The van der Waals surface area contributed by atoms with Crippen LogP contribution in [-0.4, -0.2) is 28.6 Å². The summed E-state index contributed by atoms with van der Waals surface area (Å²) < 4.78 is 4.86. The molecule has 72 valence electrons. The van der Waals surface area contributed by atoms with E-state index in [9.17, 15) is 9.90 Å². The largest absolute Gasteiger partial charge is 0.477 e. The van der Waals surface area contributed by atoms with Gasteiger partial charge >= 0.3 is 5.97 Å². The number of ether oxygens (including phenoxy) is 1. The van der Waals surface area contributed by atoms with Crippen molar-refractivity contribution in [3.05, 3.63) is 0 Å². The molecule has 0 aromatic heterocycles. The van der Waals surface area contributed by atoms with Crippen LogP contribution in [0.25, 0.3) is 0 Å². The lowest BCUT2D eigenvalue weighted by molar-refractivity contribution is -0.240. The fourth-order valence-corrected chi connectivity index (χ4v) is 0.733. The summed E-state index contributed by atoms with van der Waals surface area (Å²) >= 11 is 0. The van der Waals surface area contributed by atoms with Gasteiger partial charge in [-0.25, -0.2) is 4.79 Å². The molecule has 2 N–H and O–H groups in total. The number of carboxylic acid groups (broad SMARTS) is 1. The van der Waals surface area contributed by atoms with E-state index in [4.69, 9.17) is 9.84 Å². The van der Waals surface area contributed by atoms with Gasteiger partial charge in [0.15, 0.2) is 0 Å². The van der Waals surface area contributed by atoms with E-state index in [0.29, 0.717) is 6.42 Å². The SMILES string of the molecule is CCCOC(O)(C(=O)O)C(C)C. The van der Waals surface area contributed by atoms with Gasteiger partial charge < -0.3 is 14.9 Å². The minimum Gasteiger partial charge on any atom is -0.477 e. The van der Waals surface area contributed by atoms with Gasteiger partial charge in [-0.3, -0.25) is 0 Å². The maximum atomic E-state index is 10.6. The Kier molecular flexibility index (Phi) is 4.20. The van der Waals surface area contributed by atoms with Crippen LogP contribution >= 0.6 is 0 Å². The second-order valence-corrected chi connectivity index (χ2v) is 3.00. The molecule has 0 aliphatic heterocycles. The second-order valence-electron chi connectivity index (χ2n) is 3.00. The van der Waals surface area contributed by atoms with E-state index in [1.165, 1.54) is 0 Å². The van der Waals surface area contributed by atoms with E-state index in [2.05, 4.69) is 0 Å². The van der Waals surface area contributed by atoms with Crippen molar-refractivity contribution in [2.24, 2.45) is 5.92 Å². The molecule has 4 heteroatoms. The Balaban J connectivity index is 4.29. The molecule has 0 saturated heterocycles. The van der Waals surface area contributed by atoms with Crippen molar-refractivity contribution in [2.45, 2.75) is 33.0 Å². The number of aliphatic carboxylic acids is 1. The summed E-state index contributed by atoms with van der Waals surface area (Å²) in [5.41, 5.74) is 0. The first-order valence-corrected chi connectivity index (χ1v) is 4.04. The number of carboxylic acids is 1. The van der Waals surface area contributed by atoms with Crippen LogP contribution in [0.4, 0.5) is 0 Å². The number of aliphatic hydroxyl groups is 1. The minimum atomic E-state index is -2.03. The third-order valence-electron chi connectivity index (χ3n) is 1.62. The Hall–Kier alpha value is -0.610. The molecule has 0 radical (unpaired) electrons. The molecule has 0 aliphatic carbocycles. The van der Waals surface area contributed by atoms with E-state index >= 15 is 0 Å². The van der Waals surface area contributed by atoms with Gasteiger partial charge in [-0.1, -0.05) is 20.8 Å². The zero-order valence-electron chi connectivity index (χ0n) is 7.70. The quantitative estimate of drug-likeness (QED) is 0.609. The molecule has 0 saturated carbocycles. The van der Waals surface area contributed by atoms with Crippen LogP contribution in [0.5, 0.6) is 0 Å². The molecule has 0 aromatic rings. The molecule has 4 nitrogen and oxygen atoms in total. The van der Waals surface area contributed by atoms with Crippen molar-refractivity contribution >= 4 is 5.97 Å². The topological polar surface area (TPSA) is 66.8 Å². The van der Waals surface area contributed by atoms with Gasteiger partial charge in [-0.05, 0) is 6.42 Å². The normalized spacial score (nSPS) is 16.1. The summed E-state index contributed by atoms with van der Waals surface area (Å²) in [6.07, 6.45) is 0.683. The predicted octanol–water partition coefficient (Wildman–Crippen LogP) is 0.842. The van der Waals surface area contributed by atoms with Crippen LogP contribution in [0.2, 0.25) is 0 Å². The van der Waals surface area contributed by atoms with E-state index in [0.717, 1.165) is 0 Å². The molecule has 1 atom stereocenters. The average Bonchev–Trinajstić information content (AvgIpc) is 1.99. The number of carbonyl (C=O) groups is 1. The molecule has 0 heterocycles. The molecule has 1 unspecified atom stereocenters. The molecule has 0 rings (SSSR count). The molecule has 0 spiro atoms. The first-order valence-electron chi connectivity index (χ1n) is 4.04. The molecule has 12 heavy (non-hydrogen) atoms. The molecular formula is C8H16O4. The number of rotatable bonds is 5. The molecule has 0 aliphatic rings. The lowest BCUT2D eigenvalue weighted by Gasteiger charge is -2.26. The lowest BCUT2D eigenvalue weighted by Crippen LogP contribution is -2.46. The van der Waals surface area contributed by atoms with E-state index < -0.39 is 17.7 Å². The molecule has 0 amide bonds. The van der Waals surface area contributed by atoms with Crippen molar-refractivity contribution in [1.82, 2.24) is 0 Å². The van der Waals surface area contributed by atoms with Crippen LogP contribution in [-0.2, 0) is 9.53 Å². The van der Waals surface area contributed by atoms with Gasteiger partial charge in [0, 0.05) is 5.92 Å². The first-order chi connectivity index (χ1) is 5.45. The van der Waals surface area contributed by atoms with Crippen molar-refractivity contribution in [1.29, 1.82) is 0 Å². The summed E-state index contributed by atoms with van der Waals surface area (Å²) in [5.74, 6) is -3.82. The summed E-state index contributed by atoms with van der Waals surface area (Å²) in [4.78, 5) is 10.6. The fourth-order valence-electron chi connectivity index (χ4n) is 0.733. The van der Waals surface area contributed by atoms with Gasteiger partial charge in [0.05, 0.1) is 6.61 Å². The Bertz CT molecular complexity index is 155. The third kappa shape index (κ3) is 2.46. The number of hydrogen-bond donors (Lipinski definition) is 2. The van der Waals surface area contributed by atoms with Crippen molar-refractivity contribution in [2.75, 3.05) is 6.61 Å². The molecular weight excluding hydrogens is 160 g/mol. The van der Waals surface area contributed by atoms with Gasteiger partial charge in [0.25, 0.3) is 5.79 Å². The van der Waals surface area contributed by atoms with Crippen LogP contribution in [0.15, 0.2) is 0 Å². The van der Waals surface area contributed by atoms with Crippen molar-refractivity contribution in [3.63, 3.8) is 0 Å². The van der Waals surface area contributed by atoms with Gasteiger partial charge in [-0.2, -0.15) is 0 Å². The monoisotopic (exact) mass is 176 g/mol. The zero-order chi connectivity index (χ0) is 9.78. The summed E-state index contributed by atoms with van der Waals surface area (Å²) in [6, 6.07) is 0. The first kappa shape index (κ1) is 11.4. The smallest absolute Gasteiger partial charge is 0.364 e. The highest BCUT2D eigenvalue weighted by Gasteiger charge is 2.40. The summed E-state index contributed by atoms with van der Waals surface area (Å²) in [7, 11) is 0. The van der Waals surface area contributed by atoms with Crippen molar-refractivity contribution in [3.8, 4) is 0 Å². The highest BCUT2D eigenvalue weighted by molar-refractivity contribution is 5.75. The molecule has 0 bridgehead atoms. The van der Waals surface area contributed by atoms with Gasteiger partial charge in [0.2, 0.25) is 0 Å². The summed E-state index contributed by atoms with van der Waals surface area (Å²) in [5, 5.41) is 18.1. The van der Waals surface area contributed by atoms with Crippen LogP contribution in [0, 0.1) is 5.92 Å². The van der Waals surface area contributed by atoms with Gasteiger partial charge in [-0.15, -0.1) is 0 Å². The number of hydrogen-bond acceptors (Lipinski definition) is 3. The predicted molar refractivity (Wildman–Crippen MR) is 43.7 cm³/mol. The fraction of sp³-hybridized carbons (Fsp3) is 0.875. The Morgan fingerprint density at radius 3 is 2.33 bits per heavy atom. The maximum absolute atomic E-state index is 10.6. The van der Waals surface area contributed by atoms with E-state index in [1.807, 2.05) is 6.92 Å². The summed E-state index contributed by atoms with van der Waals surface area (Å²) in [6.45, 7) is 5.30. The lowest BCUT2D eigenvalue weighted by atomic mass is 10.0. The average molecular weight is 176 g/mol. The Morgan fingerprint density at radius 2 is 2.08 bits per heavy atom. The Morgan fingerprint density at radius 1 is 1.58 bits per heavy atom. The van der Waals surface area contributed by atoms with Crippen molar-refractivity contribution < 1.29 is 19.7 Å². The van der Waals surface area contributed by atoms with Crippen LogP contribution in [0.1, 0.15) is 27.2 Å². The zero-order valence-corrected chi connectivity index (χ0v) is 7.70. The van der Waals surface area contributed by atoms with E-state index in [1.54, 1.807) is 13.8 Å². The van der Waals surface area contributed by atoms with E-state index in [-0.39, 0.29) is 6.61 Å². The van der Waals surface area contributed by atoms with Gasteiger partial charge in [0.1, 0.15) is 0 Å². The van der Waals surface area contributed by atoms with Crippen LogP contribution in [0.3, 0.4) is 0 Å². The Labute approximate surface area is 72.2 Å². The highest BCUT2D eigenvalue weighted by Crippen LogP contribution is 2.18. The second kappa shape index (κ2) is 4.42. The molecule has 0 fully saturated rings. The third-order valence-corrected chi connectivity index (χ3v) is 1.62. The standard InChI is InChI=1S/C8H16O4/c1-4-5-12-8(11,6(2)3)7(9)10/h6,11H,4-5H2,1-3H3,(H,9,10). The van der Waals surface area contributed by atoms with Crippen LogP contribution < -0.4 is 0 Å². The highest BCUT2D eigenvalue weighted by atomic mass is 16.6. The maximum Gasteiger partial charge on any atom is 0.364 e.